The quantitative estimate of drug-likeness (QED) is 0.561. The molecule has 1 aromatic carbocycles. The number of nitrogens with one attached hydrogen (secondary N) is 1. The van der Waals surface area contributed by atoms with Crippen LogP contribution in [-0.4, -0.2) is 49.6 Å². The molecule has 0 unspecified atom stereocenters. The lowest BCUT2D eigenvalue weighted by molar-refractivity contribution is -0.605. The van der Waals surface area contributed by atoms with Crippen molar-refractivity contribution in [2.45, 2.75) is 37.5 Å². The number of aromatic nitrogens is 1. The fourth-order valence-electron chi connectivity index (χ4n) is 5.66. The SMILES string of the molecule is O=C(NCC1(c2ccccc2)CCOCC1)[C@@H]1CC12CCN(C(=O)c1cc[n+]([O-])cc1)CC2. The Kier molecular flexibility index (Phi) is 5.83. The van der Waals surface area contributed by atoms with Crippen LogP contribution in [0.1, 0.15) is 48.0 Å². The van der Waals surface area contributed by atoms with Gasteiger partial charge in [-0.1, -0.05) is 30.3 Å². The first kappa shape index (κ1) is 21.9. The molecule has 2 saturated heterocycles. The third-order valence-electron chi connectivity index (χ3n) is 8.04. The van der Waals surface area contributed by atoms with Gasteiger partial charge in [-0.3, -0.25) is 9.59 Å². The standard InChI is InChI=1S/C26H31N3O4/c30-23(27-19-26(10-16-33-17-11-26)21-4-2-1-3-5-21)22-18-25(22)8-14-28(15-9-25)24(31)20-6-12-29(32)13-7-20/h1-7,12-13,22H,8-11,14-19H2,(H,27,30)/t22-/m0/s1. The van der Waals surface area contributed by atoms with Gasteiger partial charge < -0.3 is 20.2 Å². The number of piperidine rings is 1. The van der Waals surface area contributed by atoms with Crippen molar-refractivity contribution in [3.8, 4) is 0 Å². The molecular weight excluding hydrogens is 418 g/mol. The average Bonchev–Trinajstić information content (AvgIpc) is 3.57. The number of hydrogen-bond donors (Lipinski definition) is 1. The van der Waals surface area contributed by atoms with Crippen molar-refractivity contribution in [3.63, 3.8) is 0 Å². The first-order valence-corrected chi connectivity index (χ1v) is 11.9. The van der Waals surface area contributed by atoms with E-state index < -0.39 is 0 Å². The van der Waals surface area contributed by atoms with E-state index in [0.29, 0.717) is 29.9 Å². The largest absolute Gasteiger partial charge is 0.619 e. The molecular formula is C26H31N3O4. The Bertz CT molecular complexity index is 994. The van der Waals surface area contributed by atoms with Gasteiger partial charge in [0, 0.05) is 56.3 Å². The van der Waals surface area contributed by atoms with E-state index in [-0.39, 0.29) is 28.6 Å². The smallest absolute Gasteiger partial charge is 0.254 e. The van der Waals surface area contributed by atoms with Crippen molar-refractivity contribution in [3.05, 3.63) is 71.2 Å². The summed E-state index contributed by atoms with van der Waals surface area (Å²) in [7, 11) is 0. The Hall–Kier alpha value is -2.93. The van der Waals surface area contributed by atoms with Crippen LogP contribution in [0.5, 0.6) is 0 Å². The van der Waals surface area contributed by atoms with Crippen LogP contribution in [0.3, 0.4) is 0 Å². The summed E-state index contributed by atoms with van der Waals surface area (Å²) in [4.78, 5) is 27.7. The monoisotopic (exact) mass is 449 g/mol. The van der Waals surface area contributed by atoms with Crippen LogP contribution in [0.2, 0.25) is 0 Å². The summed E-state index contributed by atoms with van der Waals surface area (Å²) in [6.45, 7) is 3.39. The molecule has 1 atom stereocenters. The number of nitrogens with zero attached hydrogens (tertiary/aromatic N) is 2. The number of rotatable bonds is 5. The maximum atomic E-state index is 13.1. The topological polar surface area (TPSA) is 85.6 Å². The Balaban J connectivity index is 1.16. The van der Waals surface area contributed by atoms with E-state index in [0.717, 1.165) is 45.3 Å². The van der Waals surface area contributed by atoms with Gasteiger partial charge >= 0.3 is 0 Å². The number of pyridine rings is 1. The molecule has 33 heavy (non-hydrogen) atoms. The normalized spacial score (nSPS) is 23.2. The summed E-state index contributed by atoms with van der Waals surface area (Å²) >= 11 is 0. The molecule has 174 valence electrons. The van der Waals surface area contributed by atoms with Crippen LogP contribution in [0.25, 0.3) is 0 Å². The maximum Gasteiger partial charge on any atom is 0.254 e. The van der Waals surface area contributed by atoms with E-state index in [1.807, 2.05) is 11.0 Å². The molecule has 5 rings (SSSR count). The van der Waals surface area contributed by atoms with Gasteiger partial charge in [-0.25, -0.2) is 0 Å². The highest BCUT2D eigenvalue weighted by Gasteiger charge is 2.58. The second-order valence-corrected chi connectivity index (χ2v) is 9.83. The number of benzene rings is 1. The Labute approximate surface area is 194 Å². The molecule has 7 nitrogen and oxygen atoms in total. The fraction of sp³-hybridized carbons (Fsp3) is 0.500. The van der Waals surface area contributed by atoms with Gasteiger partial charge in [-0.15, -0.1) is 0 Å². The Morgan fingerprint density at radius 3 is 2.36 bits per heavy atom. The summed E-state index contributed by atoms with van der Waals surface area (Å²) in [5.41, 5.74) is 1.77. The second kappa shape index (κ2) is 8.78. The number of amides is 2. The molecule has 3 fully saturated rings. The van der Waals surface area contributed by atoms with Gasteiger partial charge in [0.15, 0.2) is 12.4 Å². The minimum Gasteiger partial charge on any atom is -0.619 e. The van der Waals surface area contributed by atoms with Gasteiger partial charge in [0.05, 0.1) is 5.56 Å². The summed E-state index contributed by atoms with van der Waals surface area (Å²) in [6.07, 6.45) is 7.13. The zero-order valence-corrected chi connectivity index (χ0v) is 18.9. The number of carbonyl (C=O) groups excluding carboxylic acids is 2. The lowest BCUT2D eigenvalue weighted by Gasteiger charge is -2.38. The predicted molar refractivity (Wildman–Crippen MR) is 122 cm³/mol. The highest BCUT2D eigenvalue weighted by atomic mass is 16.5. The molecule has 0 bridgehead atoms. The van der Waals surface area contributed by atoms with Crippen LogP contribution in [0.4, 0.5) is 0 Å². The van der Waals surface area contributed by atoms with E-state index in [2.05, 4.69) is 29.6 Å². The lowest BCUT2D eigenvalue weighted by Crippen LogP contribution is -2.46. The Morgan fingerprint density at radius 2 is 1.70 bits per heavy atom. The Morgan fingerprint density at radius 1 is 1.03 bits per heavy atom. The van der Waals surface area contributed by atoms with E-state index >= 15 is 0 Å². The van der Waals surface area contributed by atoms with Crippen LogP contribution in [-0.2, 0) is 14.9 Å². The van der Waals surface area contributed by atoms with Crippen LogP contribution < -0.4 is 10.0 Å². The van der Waals surface area contributed by atoms with E-state index in [9.17, 15) is 14.8 Å². The first-order chi connectivity index (χ1) is 16.0. The molecule has 1 saturated carbocycles. The zero-order valence-electron chi connectivity index (χ0n) is 18.9. The summed E-state index contributed by atoms with van der Waals surface area (Å²) in [5, 5.41) is 14.5. The van der Waals surface area contributed by atoms with Crippen molar-refractivity contribution in [2.75, 3.05) is 32.8 Å². The molecule has 1 aliphatic carbocycles. The summed E-state index contributed by atoms with van der Waals surface area (Å²) in [5.74, 6) is 0.148. The molecule has 3 heterocycles. The van der Waals surface area contributed by atoms with Crippen LogP contribution in [0.15, 0.2) is 54.9 Å². The molecule has 0 radical (unpaired) electrons. The van der Waals surface area contributed by atoms with Crippen molar-refractivity contribution in [1.82, 2.24) is 10.2 Å². The maximum absolute atomic E-state index is 13.1. The molecule has 1 aromatic heterocycles. The number of hydrogen-bond acceptors (Lipinski definition) is 4. The van der Waals surface area contributed by atoms with Crippen LogP contribution >= 0.6 is 0 Å². The highest BCUT2D eigenvalue weighted by Crippen LogP contribution is 2.59. The number of ether oxygens (including phenoxy) is 1. The van der Waals surface area contributed by atoms with E-state index in [4.69, 9.17) is 4.74 Å². The molecule has 2 amide bonds. The van der Waals surface area contributed by atoms with E-state index in [1.54, 1.807) is 12.1 Å². The van der Waals surface area contributed by atoms with Crippen molar-refractivity contribution in [1.29, 1.82) is 0 Å². The fourth-order valence-corrected chi connectivity index (χ4v) is 5.66. The highest BCUT2D eigenvalue weighted by molar-refractivity contribution is 5.94. The molecule has 1 N–H and O–H groups in total. The summed E-state index contributed by atoms with van der Waals surface area (Å²) < 4.78 is 6.29. The molecule has 1 spiro atoms. The second-order valence-electron chi connectivity index (χ2n) is 9.83. The van der Waals surface area contributed by atoms with Gasteiger partial charge in [0.1, 0.15) is 0 Å². The molecule has 3 aliphatic rings. The number of likely N-dealkylation sites (tertiary alicyclic amines) is 1. The predicted octanol–water partition coefficient (Wildman–Crippen LogP) is 2.43. The van der Waals surface area contributed by atoms with Crippen molar-refractivity contribution >= 4 is 11.8 Å². The summed E-state index contributed by atoms with van der Waals surface area (Å²) in [6, 6.07) is 13.6. The minimum absolute atomic E-state index is 0.0329. The van der Waals surface area contributed by atoms with Crippen molar-refractivity contribution in [2.24, 2.45) is 11.3 Å². The molecule has 7 heteroatoms. The first-order valence-electron chi connectivity index (χ1n) is 11.9. The minimum atomic E-state index is -0.0646. The third-order valence-corrected chi connectivity index (χ3v) is 8.04. The van der Waals surface area contributed by atoms with Gasteiger partial charge in [0.2, 0.25) is 5.91 Å². The molecule has 2 aromatic rings. The lowest BCUT2D eigenvalue weighted by atomic mass is 9.74. The van der Waals surface area contributed by atoms with Crippen molar-refractivity contribution < 1.29 is 19.1 Å². The van der Waals surface area contributed by atoms with Gasteiger partial charge in [0.25, 0.3) is 5.91 Å². The zero-order chi connectivity index (χ0) is 22.9. The van der Waals surface area contributed by atoms with Gasteiger partial charge in [-0.2, -0.15) is 4.73 Å². The number of carbonyl (C=O) groups is 2. The van der Waals surface area contributed by atoms with Crippen LogP contribution in [0, 0.1) is 16.5 Å². The third kappa shape index (κ3) is 4.34. The average molecular weight is 450 g/mol. The molecule has 2 aliphatic heterocycles. The van der Waals surface area contributed by atoms with Gasteiger partial charge in [-0.05, 0) is 43.1 Å². The van der Waals surface area contributed by atoms with E-state index in [1.165, 1.54) is 18.0 Å².